The van der Waals surface area contributed by atoms with E-state index in [-0.39, 0.29) is 17.9 Å². The van der Waals surface area contributed by atoms with E-state index < -0.39 is 22.9 Å². The number of aromatic carboxylic acids is 1. The van der Waals surface area contributed by atoms with Crippen molar-refractivity contribution in [2.75, 3.05) is 12.4 Å². The second kappa shape index (κ2) is 8.22. The first-order valence-corrected chi connectivity index (χ1v) is 9.13. The van der Waals surface area contributed by atoms with E-state index in [0.29, 0.717) is 16.5 Å². The molecule has 7 nitrogen and oxygen atoms in total. The first kappa shape index (κ1) is 19.6. The SMILES string of the molecule is CN1C(=O)C[C@H](C(=O)Nc2ccc(C(=O)O)cc2)SC1=Nc1cccc(F)c1. The third kappa shape index (κ3) is 4.55. The maximum atomic E-state index is 13.4. The van der Waals surface area contributed by atoms with Crippen molar-refractivity contribution < 1.29 is 23.9 Å². The molecule has 0 aliphatic carbocycles. The van der Waals surface area contributed by atoms with Crippen molar-refractivity contribution in [3.8, 4) is 0 Å². The highest BCUT2D eigenvalue weighted by molar-refractivity contribution is 8.15. The summed E-state index contributed by atoms with van der Waals surface area (Å²) in [7, 11) is 1.55. The van der Waals surface area contributed by atoms with Crippen molar-refractivity contribution in [1.82, 2.24) is 4.90 Å². The number of amides is 2. The van der Waals surface area contributed by atoms with Crippen LogP contribution in [0.1, 0.15) is 16.8 Å². The lowest BCUT2D eigenvalue weighted by Crippen LogP contribution is -2.43. The molecule has 9 heteroatoms. The van der Waals surface area contributed by atoms with Gasteiger partial charge in [0.1, 0.15) is 11.1 Å². The lowest BCUT2D eigenvalue weighted by Gasteiger charge is -2.28. The highest BCUT2D eigenvalue weighted by Crippen LogP contribution is 2.29. The van der Waals surface area contributed by atoms with Crippen molar-refractivity contribution in [3.05, 3.63) is 59.9 Å². The second-order valence-electron chi connectivity index (χ2n) is 6.01. The first-order valence-electron chi connectivity index (χ1n) is 8.25. The number of hydrogen-bond acceptors (Lipinski definition) is 5. The number of nitrogens with one attached hydrogen (secondary N) is 1. The summed E-state index contributed by atoms with van der Waals surface area (Å²) in [4.78, 5) is 41.3. The fourth-order valence-electron chi connectivity index (χ4n) is 2.47. The summed E-state index contributed by atoms with van der Waals surface area (Å²) in [6.45, 7) is 0. The van der Waals surface area contributed by atoms with Gasteiger partial charge in [0.05, 0.1) is 11.3 Å². The number of anilines is 1. The number of thioether (sulfide) groups is 1. The Morgan fingerprint density at radius 2 is 1.96 bits per heavy atom. The Morgan fingerprint density at radius 3 is 2.61 bits per heavy atom. The number of carboxylic acid groups (broad SMARTS) is 1. The van der Waals surface area contributed by atoms with E-state index in [1.165, 1.54) is 47.4 Å². The molecule has 0 radical (unpaired) electrons. The van der Waals surface area contributed by atoms with Gasteiger partial charge in [-0.1, -0.05) is 17.8 Å². The highest BCUT2D eigenvalue weighted by atomic mass is 32.2. The van der Waals surface area contributed by atoms with Gasteiger partial charge in [-0.3, -0.25) is 14.5 Å². The molecule has 0 spiro atoms. The Labute approximate surface area is 164 Å². The summed E-state index contributed by atoms with van der Waals surface area (Å²) in [5, 5.41) is 11.2. The monoisotopic (exact) mass is 401 g/mol. The Hall–Kier alpha value is -3.20. The number of nitrogens with zero attached hydrogens (tertiary/aromatic N) is 2. The summed E-state index contributed by atoms with van der Waals surface area (Å²) in [6, 6.07) is 11.3. The van der Waals surface area contributed by atoms with E-state index in [1.807, 2.05) is 0 Å². The molecule has 2 N–H and O–H groups in total. The minimum absolute atomic E-state index is 0.0115. The third-order valence-electron chi connectivity index (χ3n) is 3.99. The van der Waals surface area contributed by atoms with Crippen LogP contribution in [0.15, 0.2) is 53.5 Å². The molecule has 28 heavy (non-hydrogen) atoms. The third-order valence-corrected chi connectivity index (χ3v) is 5.23. The molecule has 2 amide bonds. The van der Waals surface area contributed by atoms with Gasteiger partial charge in [0, 0.05) is 19.2 Å². The molecule has 144 valence electrons. The molecular weight excluding hydrogens is 385 g/mol. The number of benzene rings is 2. The zero-order valence-corrected chi connectivity index (χ0v) is 15.6. The van der Waals surface area contributed by atoms with Crippen molar-refractivity contribution in [3.63, 3.8) is 0 Å². The quantitative estimate of drug-likeness (QED) is 0.820. The minimum Gasteiger partial charge on any atom is -0.478 e. The normalized spacial score (nSPS) is 18.2. The molecule has 1 aliphatic rings. The number of carbonyl (C=O) groups is 3. The molecule has 0 bridgehead atoms. The molecule has 1 heterocycles. The molecular formula is C19H16FN3O4S. The molecule has 2 aromatic carbocycles. The van der Waals surface area contributed by atoms with Gasteiger partial charge in [-0.2, -0.15) is 0 Å². The van der Waals surface area contributed by atoms with Crippen molar-refractivity contribution in [2.45, 2.75) is 11.7 Å². The average molecular weight is 401 g/mol. The maximum absolute atomic E-state index is 13.4. The maximum Gasteiger partial charge on any atom is 0.335 e. The van der Waals surface area contributed by atoms with Crippen LogP contribution < -0.4 is 5.32 Å². The number of aliphatic imine (C=N–C) groups is 1. The molecule has 1 aliphatic heterocycles. The van der Waals surface area contributed by atoms with Crippen LogP contribution >= 0.6 is 11.8 Å². The molecule has 2 aromatic rings. The Bertz CT molecular complexity index is 962. The summed E-state index contributed by atoms with van der Waals surface area (Å²) in [6.07, 6.45) is -0.0115. The van der Waals surface area contributed by atoms with Gasteiger partial charge in [0.15, 0.2) is 5.17 Å². The smallest absolute Gasteiger partial charge is 0.335 e. The zero-order valence-electron chi connectivity index (χ0n) is 14.8. The fraction of sp³-hybridized carbons (Fsp3) is 0.158. The molecule has 0 saturated carbocycles. The number of carboxylic acids is 1. The van der Waals surface area contributed by atoms with Crippen LogP contribution in [0.5, 0.6) is 0 Å². The minimum atomic E-state index is -1.06. The van der Waals surface area contributed by atoms with E-state index in [9.17, 15) is 18.8 Å². The van der Waals surface area contributed by atoms with Gasteiger partial charge >= 0.3 is 5.97 Å². The largest absolute Gasteiger partial charge is 0.478 e. The zero-order chi connectivity index (χ0) is 20.3. The molecule has 1 saturated heterocycles. The lowest BCUT2D eigenvalue weighted by molar-refractivity contribution is -0.128. The van der Waals surface area contributed by atoms with E-state index in [0.717, 1.165) is 11.8 Å². The Balaban J connectivity index is 1.75. The highest BCUT2D eigenvalue weighted by Gasteiger charge is 2.34. The van der Waals surface area contributed by atoms with Gasteiger partial charge in [-0.05, 0) is 42.5 Å². The van der Waals surface area contributed by atoms with Crippen molar-refractivity contribution in [2.24, 2.45) is 4.99 Å². The summed E-state index contributed by atoms with van der Waals surface area (Å²) in [5.41, 5.74) is 0.865. The predicted molar refractivity (Wildman–Crippen MR) is 104 cm³/mol. The summed E-state index contributed by atoms with van der Waals surface area (Å²) >= 11 is 1.11. The Kier molecular flexibility index (Phi) is 5.74. The van der Waals surface area contributed by atoms with E-state index in [4.69, 9.17) is 5.11 Å². The number of hydrogen-bond donors (Lipinski definition) is 2. The average Bonchev–Trinajstić information content (AvgIpc) is 2.65. The standard InChI is InChI=1S/C19H16FN3O4S/c1-23-16(24)10-15(28-19(23)22-14-4-2-3-12(20)9-14)17(25)21-13-7-5-11(6-8-13)18(26)27/h2-9,15H,10H2,1H3,(H,21,25)(H,26,27)/t15-/m1/s1. The Morgan fingerprint density at radius 1 is 1.25 bits per heavy atom. The van der Waals surface area contributed by atoms with Crippen molar-refractivity contribution >= 4 is 46.1 Å². The number of halogens is 1. The van der Waals surface area contributed by atoms with E-state index >= 15 is 0 Å². The van der Waals surface area contributed by atoms with Gasteiger partial charge < -0.3 is 10.4 Å². The molecule has 0 aromatic heterocycles. The lowest BCUT2D eigenvalue weighted by atomic mass is 10.2. The number of amidine groups is 1. The van der Waals surface area contributed by atoms with Gasteiger partial charge in [0.2, 0.25) is 11.8 Å². The van der Waals surface area contributed by atoms with Gasteiger partial charge in [-0.25, -0.2) is 14.2 Å². The summed E-state index contributed by atoms with van der Waals surface area (Å²) < 4.78 is 13.4. The van der Waals surface area contributed by atoms with Crippen LogP contribution in [0.2, 0.25) is 0 Å². The number of carbonyl (C=O) groups excluding carboxylic acids is 2. The molecule has 0 unspecified atom stereocenters. The molecule has 1 fully saturated rings. The van der Waals surface area contributed by atoms with Gasteiger partial charge in [-0.15, -0.1) is 0 Å². The topological polar surface area (TPSA) is 99.1 Å². The van der Waals surface area contributed by atoms with Crippen LogP contribution in [0.4, 0.5) is 15.8 Å². The van der Waals surface area contributed by atoms with Crippen LogP contribution in [0.3, 0.4) is 0 Å². The van der Waals surface area contributed by atoms with Crippen LogP contribution in [-0.4, -0.2) is 45.3 Å². The number of rotatable bonds is 4. The second-order valence-corrected chi connectivity index (χ2v) is 7.18. The van der Waals surface area contributed by atoms with E-state index in [2.05, 4.69) is 10.3 Å². The van der Waals surface area contributed by atoms with Gasteiger partial charge in [0.25, 0.3) is 0 Å². The van der Waals surface area contributed by atoms with Crippen LogP contribution in [0.25, 0.3) is 0 Å². The van der Waals surface area contributed by atoms with E-state index in [1.54, 1.807) is 13.1 Å². The molecule has 3 rings (SSSR count). The summed E-state index contributed by atoms with van der Waals surface area (Å²) in [5.74, 6) is -2.19. The predicted octanol–water partition coefficient (Wildman–Crippen LogP) is 3.11. The fourth-order valence-corrected chi connectivity index (χ4v) is 3.54. The van der Waals surface area contributed by atoms with Crippen LogP contribution in [-0.2, 0) is 9.59 Å². The van der Waals surface area contributed by atoms with Crippen LogP contribution in [0, 0.1) is 5.82 Å². The molecule has 1 atom stereocenters. The first-order chi connectivity index (χ1) is 13.3. The van der Waals surface area contributed by atoms with Crippen molar-refractivity contribution in [1.29, 1.82) is 0 Å².